The van der Waals surface area contributed by atoms with Gasteiger partial charge in [-0.25, -0.2) is 4.79 Å². The molecule has 1 aromatic rings. The minimum absolute atomic E-state index is 0.0986. The van der Waals surface area contributed by atoms with Crippen molar-refractivity contribution in [1.82, 2.24) is 9.80 Å². The average Bonchev–Trinajstić information content (AvgIpc) is 2.70. The minimum Gasteiger partial charge on any atom is -0.465 e. The third-order valence-electron chi connectivity index (χ3n) is 5.70. The lowest BCUT2D eigenvalue weighted by Crippen LogP contribution is -2.58. The first-order chi connectivity index (χ1) is 11.6. The van der Waals surface area contributed by atoms with Crippen LogP contribution in [0.25, 0.3) is 0 Å². The van der Waals surface area contributed by atoms with Crippen molar-refractivity contribution in [3.63, 3.8) is 0 Å². The van der Waals surface area contributed by atoms with E-state index in [4.69, 9.17) is 14.4 Å². The molecule has 2 heterocycles. The van der Waals surface area contributed by atoms with Gasteiger partial charge in [-0.3, -0.25) is 4.90 Å². The van der Waals surface area contributed by atoms with Gasteiger partial charge in [-0.05, 0) is 38.7 Å². The second kappa shape index (κ2) is 6.30. The van der Waals surface area contributed by atoms with Gasteiger partial charge < -0.3 is 19.3 Å². The SMILES string of the molecule is CN(C(=O)O)C1CN(Cc2ccc(B3OC(C)(C)C(C)(C)O3)cc2)C1. The van der Waals surface area contributed by atoms with Gasteiger partial charge in [-0.1, -0.05) is 24.3 Å². The Hall–Kier alpha value is -1.57. The van der Waals surface area contributed by atoms with E-state index in [-0.39, 0.29) is 24.4 Å². The highest BCUT2D eigenvalue weighted by Crippen LogP contribution is 2.36. The molecule has 2 fully saturated rings. The first kappa shape index (κ1) is 18.2. The second-order valence-corrected chi connectivity index (χ2v) is 8.07. The van der Waals surface area contributed by atoms with Crippen molar-refractivity contribution in [3.05, 3.63) is 29.8 Å². The summed E-state index contributed by atoms with van der Waals surface area (Å²) in [6.45, 7) is 10.6. The number of benzene rings is 1. The summed E-state index contributed by atoms with van der Waals surface area (Å²) in [5.74, 6) is 0. The average molecular weight is 346 g/mol. The van der Waals surface area contributed by atoms with Crippen LogP contribution in [0.3, 0.4) is 0 Å². The van der Waals surface area contributed by atoms with Crippen molar-refractivity contribution in [3.8, 4) is 0 Å². The van der Waals surface area contributed by atoms with Crippen molar-refractivity contribution < 1.29 is 19.2 Å². The molecule has 1 amide bonds. The summed E-state index contributed by atoms with van der Waals surface area (Å²) in [6.07, 6.45) is -0.864. The lowest BCUT2D eigenvalue weighted by molar-refractivity contribution is 0.00578. The molecule has 6 nitrogen and oxygen atoms in total. The number of likely N-dealkylation sites (N-methyl/N-ethyl adjacent to an activating group) is 1. The summed E-state index contributed by atoms with van der Waals surface area (Å²) in [5, 5.41) is 8.99. The molecule has 2 aliphatic heterocycles. The molecule has 0 saturated carbocycles. The third-order valence-corrected chi connectivity index (χ3v) is 5.70. The summed E-state index contributed by atoms with van der Waals surface area (Å²) < 4.78 is 12.1. The predicted octanol–water partition coefficient (Wildman–Crippen LogP) is 1.78. The predicted molar refractivity (Wildman–Crippen MR) is 97.0 cm³/mol. The molecule has 0 radical (unpaired) electrons. The molecule has 0 aromatic heterocycles. The summed E-state index contributed by atoms with van der Waals surface area (Å²) in [6, 6.07) is 8.39. The smallest absolute Gasteiger partial charge is 0.465 e. The number of nitrogens with zero attached hydrogens (tertiary/aromatic N) is 2. The van der Waals surface area contributed by atoms with E-state index in [1.165, 1.54) is 10.5 Å². The van der Waals surface area contributed by atoms with Crippen LogP contribution in [0.5, 0.6) is 0 Å². The summed E-state index contributed by atoms with van der Waals surface area (Å²) >= 11 is 0. The van der Waals surface area contributed by atoms with Gasteiger partial charge in [0, 0.05) is 26.7 Å². The van der Waals surface area contributed by atoms with E-state index >= 15 is 0 Å². The van der Waals surface area contributed by atoms with Gasteiger partial charge in [0.1, 0.15) is 0 Å². The van der Waals surface area contributed by atoms with Crippen LogP contribution >= 0.6 is 0 Å². The zero-order chi connectivity index (χ0) is 18.4. The van der Waals surface area contributed by atoms with E-state index in [2.05, 4.69) is 56.9 Å². The standard InChI is InChI=1S/C18H27BN2O4/c1-17(2)18(3,4)25-19(24-17)14-8-6-13(7-9-14)10-21-11-15(12-21)20(5)16(22)23/h6-9,15H,10-12H2,1-5H3,(H,22,23). The zero-order valence-electron chi connectivity index (χ0n) is 15.7. The molecule has 1 N–H and O–H groups in total. The van der Waals surface area contributed by atoms with Crippen LogP contribution in [-0.2, 0) is 15.9 Å². The van der Waals surface area contributed by atoms with Crippen molar-refractivity contribution in [2.75, 3.05) is 20.1 Å². The first-order valence-corrected chi connectivity index (χ1v) is 8.72. The molecule has 0 bridgehead atoms. The van der Waals surface area contributed by atoms with E-state index < -0.39 is 6.09 Å². The van der Waals surface area contributed by atoms with Crippen LogP contribution in [0.2, 0.25) is 0 Å². The van der Waals surface area contributed by atoms with Crippen LogP contribution in [0.1, 0.15) is 33.3 Å². The molecule has 7 heteroatoms. The Labute approximate surface area is 149 Å². The molecule has 2 aliphatic rings. The molecule has 1 aromatic carbocycles. The van der Waals surface area contributed by atoms with Gasteiger partial charge in [0.2, 0.25) is 0 Å². The van der Waals surface area contributed by atoms with Crippen molar-refractivity contribution in [2.45, 2.75) is 51.5 Å². The van der Waals surface area contributed by atoms with Crippen LogP contribution in [0, 0.1) is 0 Å². The van der Waals surface area contributed by atoms with E-state index in [0.29, 0.717) is 0 Å². The maximum atomic E-state index is 10.9. The molecule has 3 rings (SSSR count). The van der Waals surface area contributed by atoms with Gasteiger partial charge in [0.15, 0.2) is 0 Å². The van der Waals surface area contributed by atoms with Crippen LogP contribution in [-0.4, -0.2) is 65.5 Å². The number of carbonyl (C=O) groups is 1. The van der Waals surface area contributed by atoms with Gasteiger partial charge in [0.05, 0.1) is 17.2 Å². The maximum Gasteiger partial charge on any atom is 0.494 e. The number of carboxylic acid groups (broad SMARTS) is 1. The molecule has 2 saturated heterocycles. The lowest BCUT2D eigenvalue weighted by atomic mass is 9.79. The Balaban J connectivity index is 1.55. The number of rotatable bonds is 4. The van der Waals surface area contributed by atoms with Crippen LogP contribution in [0.4, 0.5) is 4.79 Å². The Bertz CT molecular complexity index is 625. The van der Waals surface area contributed by atoms with Crippen molar-refractivity contribution in [2.24, 2.45) is 0 Å². The summed E-state index contributed by atoms with van der Waals surface area (Å²) in [7, 11) is 1.29. The summed E-state index contributed by atoms with van der Waals surface area (Å²) in [4.78, 5) is 14.6. The highest BCUT2D eigenvalue weighted by molar-refractivity contribution is 6.62. The fourth-order valence-electron chi connectivity index (χ4n) is 3.09. The van der Waals surface area contributed by atoms with E-state index in [1.807, 2.05) is 0 Å². The van der Waals surface area contributed by atoms with Gasteiger partial charge in [-0.2, -0.15) is 0 Å². The zero-order valence-corrected chi connectivity index (χ0v) is 15.7. The highest BCUT2D eigenvalue weighted by atomic mass is 16.7. The number of hydrogen-bond donors (Lipinski definition) is 1. The van der Waals surface area contributed by atoms with Gasteiger partial charge in [0.25, 0.3) is 0 Å². The topological polar surface area (TPSA) is 62.2 Å². The molecule has 136 valence electrons. The van der Waals surface area contributed by atoms with Crippen molar-refractivity contribution in [1.29, 1.82) is 0 Å². The maximum absolute atomic E-state index is 10.9. The number of amides is 1. The monoisotopic (exact) mass is 346 g/mol. The van der Waals surface area contributed by atoms with Gasteiger partial charge >= 0.3 is 13.2 Å². The Morgan fingerprint density at radius 1 is 1.20 bits per heavy atom. The molecular weight excluding hydrogens is 319 g/mol. The molecule has 0 aliphatic carbocycles. The molecular formula is C18H27BN2O4. The minimum atomic E-state index is -0.864. The molecule has 25 heavy (non-hydrogen) atoms. The Kier molecular flexibility index (Phi) is 4.60. The number of hydrogen-bond acceptors (Lipinski definition) is 4. The largest absolute Gasteiger partial charge is 0.494 e. The molecule has 0 unspecified atom stereocenters. The van der Waals surface area contributed by atoms with Gasteiger partial charge in [-0.15, -0.1) is 0 Å². The second-order valence-electron chi connectivity index (χ2n) is 8.07. The van der Waals surface area contributed by atoms with E-state index in [9.17, 15) is 4.79 Å². The highest BCUT2D eigenvalue weighted by Gasteiger charge is 2.51. The Morgan fingerprint density at radius 3 is 2.20 bits per heavy atom. The summed E-state index contributed by atoms with van der Waals surface area (Å²) in [5.41, 5.74) is 1.56. The molecule has 0 atom stereocenters. The normalized spacial score (nSPS) is 22.7. The third kappa shape index (κ3) is 3.54. The van der Waals surface area contributed by atoms with E-state index in [0.717, 1.165) is 25.1 Å². The number of likely N-dealkylation sites (tertiary alicyclic amines) is 1. The van der Waals surface area contributed by atoms with E-state index in [1.54, 1.807) is 7.05 Å². The fourth-order valence-corrected chi connectivity index (χ4v) is 3.09. The fraction of sp³-hybridized carbons (Fsp3) is 0.611. The first-order valence-electron chi connectivity index (χ1n) is 8.72. The van der Waals surface area contributed by atoms with Crippen LogP contribution in [0.15, 0.2) is 24.3 Å². The Morgan fingerprint density at radius 2 is 1.72 bits per heavy atom. The van der Waals surface area contributed by atoms with Crippen molar-refractivity contribution >= 4 is 18.7 Å². The molecule has 0 spiro atoms. The lowest BCUT2D eigenvalue weighted by Gasteiger charge is -2.42. The quantitative estimate of drug-likeness (QED) is 0.842. The van der Waals surface area contributed by atoms with Crippen LogP contribution < -0.4 is 5.46 Å².